The smallest absolute Gasteiger partial charge is 0.00202 e. The van der Waals surface area contributed by atoms with Gasteiger partial charge in [0.25, 0.3) is 0 Å². The van der Waals surface area contributed by atoms with Gasteiger partial charge in [-0.05, 0) is 43.9 Å². The molecule has 1 aliphatic rings. The minimum atomic E-state index is 0.459. The van der Waals surface area contributed by atoms with Crippen molar-refractivity contribution in [1.29, 1.82) is 0 Å². The summed E-state index contributed by atoms with van der Waals surface area (Å²) in [6.07, 6.45) is 3.62. The third kappa shape index (κ3) is 1.16. The van der Waals surface area contributed by atoms with E-state index in [1.165, 1.54) is 10.0 Å². The van der Waals surface area contributed by atoms with Crippen LogP contribution in [-0.4, -0.2) is 0 Å². The molecule has 0 radical (unpaired) electrons. The average molecular weight is 236 g/mol. The van der Waals surface area contributed by atoms with Gasteiger partial charge in [-0.2, -0.15) is 0 Å². The summed E-state index contributed by atoms with van der Waals surface area (Å²) in [5.41, 5.74) is 0.459. The summed E-state index contributed by atoms with van der Waals surface area (Å²) in [4.78, 5) is 0. The molecule has 0 amide bonds. The van der Waals surface area contributed by atoms with Crippen LogP contribution in [0, 0.1) is 11.3 Å². The quantitative estimate of drug-likeness (QED) is 0.565. The molecule has 1 rings (SSSR count). The van der Waals surface area contributed by atoms with E-state index >= 15 is 0 Å². The lowest BCUT2D eigenvalue weighted by Gasteiger charge is -2.24. The third-order valence-electron chi connectivity index (χ3n) is 2.50. The molecular formula is C8H13I. The van der Waals surface area contributed by atoms with E-state index in [1.54, 1.807) is 0 Å². The Hall–Kier alpha value is 0.470. The van der Waals surface area contributed by atoms with Crippen LogP contribution in [-0.2, 0) is 0 Å². The Bertz CT molecular complexity index is 145. The minimum absolute atomic E-state index is 0.459. The zero-order chi connectivity index (χ0) is 7.07. The second kappa shape index (κ2) is 2.26. The first kappa shape index (κ1) is 7.58. The molecule has 0 spiro atoms. The van der Waals surface area contributed by atoms with Crippen LogP contribution in [0.25, 0.3) is 0 Å². The van der Waals surface area contributed by atoms with E-state index in [2.05, 4.69) is 49.4 Å². The Balaban J connectivity index is 2.81. The predicted molar refractivity (Wildman–Crippen MR) is 49.7 cm³/mol. The van der Waals surface area contributed by atoms with Crippen molar-refractivity contribution in [3.63, 3.8) is 0 Å². The Morgan fingerprint density at radius 1 is 1.67 bits per heavy atom. The molecule has 0 fully saturated rings. The van der Waals surface area contributed by atoms with Crippen molar-refractivity contribution >= 4 is 22.6 Å². The highest BCUT2D eigenvalue weighted by Gasteiger charge is 2.32. The van der Waals surface area contributed by atoms with Crippen molar-refractivity contribution in [2.45, 2.75) is 27.2 Å². The monoisotopic (exact) mass is 236 g/mol. The molecular weight excluding hydrogens is 223 g/mol. The number of allylic oxidation sites excluding steroid dienone is 2. The molecule has 0 aromatic carbocycles. The molecule has 0 nitrogen and oxygen atoms in total. The van der Waals surface area contributed by atoms with Gasteiger partial charge in [0.2, 0.25) is 0 Å². The standard InChI is InChI=1S/C8H13I/c1-6-4-5-7(9)8(6,2)3/h5-6H,4H2,1-3H3. The van der Waals surface area contributed by atoms with Crippen LogP contribution in [0.4, 0.5) is 0 Å². The van der Waals surface area contributed by atoms with Crippen molar-refractivity contribution in [2.24, 2.45) is 11.3 Å². The third-order valence-corrected chi connectivity index (χ3v) is 4.33. The highest BCUT2D eigenvalue weighted by Crippen LogP contribution is 2.45. The van der Waals surface area contributed by atoms with Crippen molar-refractivity contribution in [2.75, 3.05) is 0 Å². The number of halogens is 1. The van der Waals surface area contributed by atoms with E-state index in [1.807, 2.05) is 0 Å². The lowest BCUT2D eigenvalue weighted by molar-refractivity contribution is 0.333. The Labute approximate surface area is 70.9 Å². The topological polar surface area (TPSA) is 0 Å². The largest absolute Gasteiger partial charge is 0.0744 e. The predicted octanol–water partition coefficient (Wildman–Crippen LogP) is 3.37. The summed E-state index contributed by atoms with van der Waals surface area (Å²) in [5.74, 6) is 0.837. The highest BCUT2D eigenvalue weighted by atomic mass is 127. The first-order valence-electron chi connectivity index (χ1n) is 3.41. The van der Waals surface area contributed by atoms with Gasteiger partial charge in [0.05, 0.1) is 0 Å². The Kier molecular flexibility index (Phi) is 1.90. The maximum atomic E-state index is 2.45. The number of hydrogen-bond donors (Lipinski definition) is 0. The van der Waals surface area contributed by atoms with Gasteiger partial charge in [0.15, 0.2) is 0 Å². The van der Waals surface area contributed by atoms with Crippen molar-refractivity contribution < 1.29 is 0 Å². The van der Waals surface area contributed by atoms with Gasteiger partial charge in [-0.1, -0.05) is 26.8 Å². The molecule has 52 valence electrons. The van der Waals surface area contributed by atoms with E-state index in [9.17, 15) is 0 Å². The molecule has 1 heteroatoms. The van der Waals surface area contributed by atoms with Crippen LogP contribution in [0.3, 0.4) is 0 Å². The molecule has 0 bridgehead atoms. The molecule has 1 unspecified atom stereocenters. The van der Waals surface area contributed by atoms with Crippen LogP contribution in [0.15, 0.2) is 9.66 Å². The molecule has 0 saturated heterocycles. The van der Waals surface area contributed by atoms with Crippen LogP contribution in [0.2, 0.25) is 0 Å². The number of rotatable bonds is 0. The lowest BCUT2D eigenvalue weighted by Crippen LogP contribution is -2.15. The van der Waals surface area contributed by atoms with Gasteiger partial charge in [-0.3, -0.25) is 0 Å². The molecule has 0 aromatic rings. The van der Waals surface area contributed by atoms with E-state index in [4.69, 9.17) is 0 Å². The summed E-state index contributed by atoms with van der Waals surface area (Å²) < 4.78 is 1.53. The second-order valence-electron chi connectivity index (χ2n) is 3.41. The van der Waals surface area contributed by atoms with Gasteiger partial charge in [0.1, 0.15) is 0 Å². The van der Waals surface area contributed by atoms with Crippen LogP contribution < -0.4 is 0 Å². The van der Waals surface area contributed by atoms with E-state index in [0.29, 0.717) is 5.41 Å². The second-order valence-corrected chi connectivity index (χ2v) is 4.57. The fraction of sp³-hybridized carbons (Fsp3) is 0.750. The summed E-state index contributed by atoms with van der Waals surface area (Å²) in [6.45, 7) is 6.97. The Morgan fingerprint density at radius 2 is 2.22 bits per heavy atom. The molecule has 1 aliphatic carbocycles. The maximum absolute atomic E-state index is 2.45. The van der Waals surface area contributed by atoms with Crippen LogP contribution >= 0.6 is 22.6 Å². The summed E-state index contributed by atoms with van der Waals surface area (Å²) in [5, 5.41) is 0. The molecule has 1 atom stereocenters. The molecule has 0 aliphatic heterocycles. The van der Waals surface area contributed by atoms with Gasteiger partial charge in [-0.15, -0.1) is 0 Å². The fourth-order valence-corrected chi connectivity index (χ4v) is 1.86. The minimum Gasteiger partial charge on any atom is -0.0744 e. The lowest BCUT2D eigenvalue weighted by atomic mass is 9.84. The van der Waals surface area contributed by atoms with Crippen molar-refractivity contribution in [3.8, 4) is 0 Å². The summed E-state index contributed by atoms with van der Waals surface area (Å²) in [7, 11) is 0. The van der Waals surface area contributed by atoms with Gasteiger partial charge in [-0.25, -0.2) is 0 Å². The number of hydrogen-bond acceptors (Lipinski definition) is 0. The average Bonchev–Trinajstić information content (AvgIpc) is 1.96. The van der Waals surface area contributed by atoms with Crippen LogP contribution in [0.1, 0.15) is 27.2 Å². The van der Waals surface area contributed by atoms with E-state index in [0.717, 1.165) is 5.92 Å². The molecule has 0 heterocycles. The molecule has 9 heavy (non-hydrogen) atoms. The molecule has 0 aromatic heterocycles. The summed E-state index contributed by atoms with van der Waals surface area (Å²) >= 11 is 2.45. The van der Waals surface area contributed by atoms with Crippen LogP contribution in [0.5, 0.6) is 0 Å². The van der Waals surface area contributed by atoms with E-state index < -0.39 is 0 Å². The zero-order valence-electron chi connectivity index (χ0n) is 6.24. The normalized spacial score (nSPS) is 32.4. The van der Waals surface area contributed by atoms with Crippen molar-refractivity contribution in [1.82, 2.24) is 0 Å². The van der Waals surface area contributed by atoms with Gasteiger partial charge in [0, 0.05) is 0 Å². The highest BCUT2D eigenvalue weighted by molar-refractivity contribution is 14.1. The first-order chi connectivity index (χ1) is 4.05. The molecule has 0 N–H and O–H groups in total. The molecule has 0 saturated carbocycles. The van der Waals surface area contributed by atoms with E-state index in [-0.39, 0.29) is 0 Å². The maximum Gasteiger partial charge on any atom is -0.00202 e. The van der Waals surface area contributed by atoms with Gasteiger partial charge >= 0.3 is 0 Å². The SMILES string of the molecule is CC1CC=C(I)C1(C)C. The fourth-order valence-electron chi connectivity index (χ4n) is 1.07. The Morgan fingerprint density at radius 3 is 2.33 bits per heavy atom. The van der Waals surface area contributed by atoms with Crippen molar-refractivity contribution in [3.05, 3.63) is 9.66 Å². The first-order valence-corrected chi connectivity index (χ1v) is 4.49. The zero-order valence-corrected chi connectivity index (χ0v) is 8.40. The summed E-state index contributed by atoms with van der Waals surface area (Å²) in [6, 6.07) is 0. The van der Waals surface area contributed by atoms with Gasteiger partial charge < -0.3 is 0 Å².